The lowest BCUT2D eigenvalue weighted by molar-refractivity contribution is 0.469. The van der Waals surface area contributed by atoms with Crippen LogP contribution in [0.1, 0.15) is 50.5 Å². The van der Waals surface area contributed by atoms with Crippen molar-refractivity contribution >= 4 is 11.0 Å². The highest BCUT2D eigenvalue weighted by Gasteiger charge is 2.20. The van der Waals surface area contributed by atoms with E-state index in [0.29, 0.717) is 24.1 Å². The number of halogens is 1. The number of furan rings is 1. The Morgan fingerprint density at radius 1 is 1.21 bits per heavy atom. The van der Waals surface area contributed by atoms with Gasteiger partial charge in [0.05, 0.1) is 6.54 Å². The zero-order valence-corrected chi connectivity index (χ0v) is 12.3. The molecule has 0 saturated carbocycles. The number of hydrogen-bond donors (Lipinski definition) is 1. The maximum absolute atomic E-state index is 13.9. The molecule has 2 nitrogen and oxygen atoms in total. The number of fused-ring (bicyclic) bond motifs is 1. The molecule has 1 heterocycles. The highest BCUT2D eigenvalue weighted by Crippen LogP contribution is 2.35. The Bertz CT molecular complexity index is 584. The first-order valence-electron chi connectivity index (χ1n) is 6.85. The summed E-state index contributed by atoms with van der Waals surface area (Å²) in [7, 11) is 0. The number of hydrogen-bond acceptors (Lipinski definition) is 2. The third-order valence-corrected chi connectivity index (χ3v) is 3.36. The summed E-state index contributed by atoms with van der Waals surface area (Å²) >= 11 is 0. The molecule has 0 aliphatic rings. The van der Waals surface area contributed by atoms with E-state index in [2.05, 4.69) is 33.0 Å². The first-order valence-corrected chi connectivity index (χ1v) is 6.85. The molecule has 0 atom stereocenters. The standard InChI is InChI=1S/C16H22FNO/c1-9(2)14-13(8-18-10(3)4)19-16-12(17)7-6-11(5)15(14)16/h6-7,9-10,18H,8H2,1-5H3. The van der Waals surface area contributed by atoms with Gasteiger partial charge < -0.3 is 9.73 Å². The van der Waals surface area contributed by atoms with E-state index in [0.717, 1.165) is 22.3 Å². The molecule has 0 unspecified atom stereocenters. The van der Waals surface area contributed by atoms with E-state index in [1.54, 1.807) is 0 Å². The molecule has 1 aromatic carbocycles. The quantitative estimate of drug-likeness (QED) is 0.878. The van der Waals surface area contributed by atoms with Crippen LogP contribution in [0.3, 0.4) is 0 Å². The summed E-state index contributed by atoms with van der Waals surface area (Å²) in [5, 5.41) is 4.28. The Balaban J connectivity index is 2.60. The lowest BCUT2D eigenvalue weighted by Gasteiger charge is -2.10. The summed E-state index contributed by atoms with van der Waals surface area (Å²) in [6.07, 6.45) is 0. The van der Waals surface area contributed by atoms with E-state index in [-0.39, 0.29) is 5.82 Å². The molecule has 0 bridgehead atoms. The van der Waals surface area contributed by atoms with Gasteiger partial charge in [-0.15, -0.1) is 0 Å². The van der Waals surface area contributed by atoms with Crippen LogP contribution in [0.4, 0.5) is 4.39 Å². The maximum atomic E-state index is 13.9. The molecule has 0 saturated heterocycles. The molecule has 0 radical (unpaired) electrons. The van der Waals surface area contributed by atoms with Gasteiger partial charge in [-0.1, -0.05) is 33.8 Å². The van der Waals surface area contributed by atoms with Crippen molar-refractivity contribution in [1.82, 2.24) is 5.32 Å². The average Bonchev–Trinajstić information content (AvgIpc) is 2.72. The van der Waals surface area contributed by atoms with E-state index < -0.39 is 0 Å². The molecule has 0 amide bonds. The molecule has 104 valence electrons. The van der Waals surface area contributed by atoms with Crippen LogP contribution in [0, 0.1) is 12.7 Å². The third-order valence-electron chi connectivity index (χ3n) is 3.36. The normalized spacial score (nSPS) is 12.0. The van der Waals surface area contributed by atoms with Gasteiger partial charge in [0.15, 0.2) is 11.4 Å². The summed E-state index contributed by atoms with van der Waals surface area (Å²) in [6.45, 7) is 11.1. The summed E-state index contributed by atoms with van der Waals surface area (Å²) in [6, 6.07) is 3.67. The van der Waals surface area contributed by atoms with Crippen LogP contribution in [0.2, 0.25) is 0 Å². The number of aryl methyl sites for hydroxylation is 1. The predicted molar refractivity (Wildman–Crippen MR) is 77.0 cm³/mol. The highest BCUT2D eigenvalue weighted by atomic mass is 19.1. The van der Waals surface area contributed by atoms with Gasteiger partial charge in [0.1, 0.15) is 5.76 Å². The summed E-state index contributed by atoms with van der Waals surface area (Å²) < 4.78 is 19.7. The summed E-state index contributed by atoms with van der Waals surface area (Å²) in [5.41, 5.74) is 2.59. The van der Waals surface area contributed by atoms with Crippen LogP contribution >= 0.6 is 0 Å². The first kappa shape index (κ1) is 14.1. The fraction of sp³-hybridized carbons (Fsp3) is 0.500. The second kappa shape index (κ2) is 5.33. The van der Waals surface area contributed by atoms with Crippen molar-refractivity contribution < 1.29 is 8.81 Å². The van der Waals surface area contributed by atoms with Crippen LogP contribution in [0.15, 0.2) is 16.5 Å². The SMILES string of the molecule is Cc1ccc(F)c2oc(CNC(C)C)c(C(C)C)c12. The molecule has 2 rings (SSSR count). The molecule has 0 fully saturated rings. The number of rotatable bonds is 4. The summed E-state index contributed by atoms with van der Waals surface area (Å²) in [4.78, 5) is 0. The number of nitrogens with one attached hydrogen (secondary N) is 1. The first-order chi connectivity index (χ1) is 8.91. The van der Waals surface area contributed by atoms with E-state index in [9.17, 15) is 4.39 Å². The zero-order chi connectivity index (χ0) is 14.2. The zero-order valence-electron chi connectivity index (χ0n) is 12.3. The molecule has 1 aromatic heterocycles. The van der Waals surface area contributed by atoms with Crippen molar-refractivity contribution in [1.29, 1.82) is 0 Å². The van der Waals surface area contributed by atoms with Crippen LogP contribution in [0.5, 0.6) is 0 Å². The lowest BCUT2D eigenvalue weighted by atomic mass is 9.96. The molecule has 0 spiro atoms. The molecule has 1 N–H and O–H groups in total. The smallest absolute Gasteiger partial charge is 0.170 e. The van der Waals surface area contributed by atoms with Gasteiger partial charge in [-0.2, -0.15) is 0 Å². The monoisotopic (exact) mass is 263 g/mol. The highest BCUT2D eigenvalue weighted by molar-refractivity contribution is 5.86. The topological polar surface area (TPSA) is 25.2 Å². The average molecular weight is 263 g/mol. The minimum Gasteiger partial charge on any atom is -0.456 e. The Morgan fingerprint density at radius 2 is 1.89 bits per heavy atom. The van der Waals surface area contributed by atoms with Crippen LogP contribution in [-0.2, 0) is 6.54 Å². The Kier molecular flexibility index (Phi) is 3.95. The van der Waals surface area contributed by atoms with Gasteiger partial charge in [0, 0.05) is 17.0 Å². The molecule has 19 heavy (non-hydrogen) atoms. The van der Waals surface area contributed by atoms with E-state index in [1.807, 2.05) is 13.0 Å². The van der Waals surface area contributed by atoms with Gasteiger partial charge in [-0.3, -0.25) is 0 Å². The van der Waals surface area contributed by atoms with Gasteiger partial charge in [-0.25, -0.2) is 4.39 Å². The molecule has 3 heteroatoms. The van der Waals surface area contributed by atoms with E-state index >= 15 is 0 Å². The second-order valence-electron chi connectivity index (χ2n) is 5.70. The van der Waals surface area contributed by atoms with Crippen molar-refractivity contribution in [2.75, 3.05) is 0 Å². The van der Waals surface area contributed by atoms with Crippen molar-refractivity contribution in [2.24, 2.45) is 0 Å². The predicted octanol–water partition coefficient (Wildman–Crippen LogP) is 4.50. The van der Waals surface area contributed by atoms with Gasteiger partial charge >= 0.3 is 0 Å². The Labute approximate surface area is 114 Å². The lowest BCUT2D eigenvalue weighted by Crippen LogP contribution is -2.22. The summed E-state index contributed by atoms with van der Waals surface area (Å²) in [5.74, 6) is 0.885. The van der Waals surface area contributed by atoms with Crippen molar-refractivity contribution in [2.45, 2.75) is 53.1 Å². The van der Waals surface area contributed by atoms with E-state index in [1.165, 1.54) is 6.07 Å². The van der Waals surface area contributed by atoms with Gasteiger partial charge in [0.2, 0.25) is 0 Å². The molecular weight excluding hydrogens is 241 g/mol. The molecule has 0 aliphatic carbocycles. The van der Waals surface area contributed by atoms with Crippen molar-refractivity contribution in [3.63, 3.8) is 0 Å². The van der Waals surface area contributed by atoms with Crippen LogP contribution < -0.4 is 5.32 Å². The Morgan fingerprint density at radius 3 is 2.47 bits per heavy atom. The van der Waals surface area contributed by atoms with Crippen LogP contribution in [-0.4, -0.2) is 6.04 Å². The molecule has 2 aromatic rings. The van der Waals surface area contributed by atoms with Crippen molar-refractivity contribution in [3.05, 3.63) is 34.8 Å². The minimum absolute atomic E-state index is 0.279. The molecular formula is C16H22FNO. The van der Waals surface area contributed by atoms with E-state index in [4.69, 9.17) is 4.42 Å². The third kappa shape index (κ3) is 2.66. The fourth-order valence-electron chi connectivity index (χ4n) is 2.45. The minimum atomic E-state index is -0.279. The Hall–Kier alpha value is -1.35. The number of benzene rings is 1. The largest absolute Gasteiger partial charge is 0.456 e. The molecule has 0 aliphatic heterocycles. The fourth-order valence-corrected chi connectivity index (χ4v) is 2.45. The van der Waals surface area contributed by atoms with Gasteiger partial charge in [0.25, 0.3) is 0 Å². The second-order valence-corrected chi connectivity index (χ2v) is 5.70. The van der Waals surface area contributed by atoms with Crippen LogP contribution in [0.25, 0.3) is 11.0 Å². The van der Waals surface area contributed by atoms with Crippen molar-refractivity contribution in [3.8, 4) is 0 Å². The maximum Gasteiger partial charge on any atom is 0.170 e. The van der Waals surface area contributed by atoms with Gasteiger partial charge in [-0.05, 0) is 24.5 Å².